The number of halogens is 1. The van der Waals surface area contributed by atoms with Crippen molar-refractivity contribution in [1.82, 2.24) is 23.7 Å². The van der Waals surface area contributed by atoms with Crippen LogP contribution < -0.4 is 5.73 Å². The summed E-state index contributed by atoms with van der Waals surface area (Å²) in [4.78, 5) is 63.0. The first-order valence-corrected chi connectivity index (χ1v) is 40.2. The van der Waals surface area contributed by atoms with Crippen molar-refractivity contribution >= 4 is 101 Å². The highest BCUT2D eigenvalue weighted by molar-refractivity contribution is 9.10. The molecule has 5 aromatic heterocycles. The van der Waals surface area contributed by atoms with Crippen LogP contribution in [0, 0.1) is 27.7 Å². The number of aromatic carboxylic acids is 1. The van der Waals surface area contributed by atoms with Crippen LogP contribution in [0.1, 0.15) is 240 Å². The topological polar surface area (TPSA) is 178 Å². The number of aryl methyl sites for hydroxylation is 7. The van der Waals surface area contributed by atoms with Crippen LogP contribution in [0.3, 0.4) is 0 Å². The smallest absolute Gasteiger partial charge is 0.337 e. The minimum atomic E-state index is -0.858. The molecule has 14 rings (SSSR count). The molecule has 0 spiro atoms. The molecule has 5 N–H and O–H groups in total. The second-order valence-electron chi connectivity index (χ2n) is 29.2. The van der Waals surface area contributed by atoms with E-state index in [0.29, 0.717) is 22.3 Å². The van der Waals surface area contributed by atoms with Gasteiger partial charge in [-0.05, 0) is 158 Å². The number of nitrogens with one attached hydrogen (secondary N) is 2. The standard InChI is InChI=1S/C24H30N2O.C24H29NO2.C24H29NO.C16H13NO.C9H6BrNO.4CH4/c1-3-4-5-6-7-8-14-26-17-22(24(25)27)21-16-20(12-13-23(21)26)19-11-9-10-18(2)15-19;1-3-4-5-6-7-8-14-25-17-22(24(26)27)21-16-20(12-13-23(21)25)19-11-9-10-18(2)15-19;1-3-4-5-6-7-8-14-25-17-22(18-26)23-16-21(12-13-24(23)25)20-11-9-10-19(2)15-20;1-11-3-2-4-12(7-11)13-5-6-16-15(8-13)14(10-18)9-17-16;10-7-1-2-9-8(3-7)6(5-12)4-11-9;;;;/h9-13,15-17H,3-8,14H2,1-2H3,(H2,25,27);9-13,15-17H,3-8,14H2,1-2H3,(H,26,27);9-13,15-18H,3-8,14H2,1-2H3;2-10,17H,1H3;1-5,11H;4*1H4. The number of rotatable bonds is 30. The van der Waals surface area contributed by atoms with Crippen LogP contribution in [-0.4, -0.2) is 59.5 Å². The molecule has 0 fully saturated rings. The first kappa shape index (κ1) is 92.0. The van der Waals surface area contributed by atoms with E-state index < -0.39 is 5.97 Å². The Hall–Kier alpha value is -10.9. The molecular formula is C101H123BrN6O6. The SMILES string of the molecule is C.C.C.C.CCCCCCCCn1cc(C(=O)O)c2cc(-c3cccc(C)c3)ccc21.CCCCCCCCn1cc(C(N)=O)c2cc(-c3cccc(C)c3)ccc21.CCCCCCCCn1cc(C=O)c2cc(-c3cccc(C)c3)ccc21.Cc1cccc(-c2ccc3[nH]cc(C=O)c3c2)c1.O=Cc1c[nH]c2ccc(Br)cc12. The van der Waals surface area contributed by atoms with Crippen molar-refractivity contribution in [1.29, 1.82) is 0 Å². The number of carboxylic acids is 1. The molecule has 0 radical (unpaired) electrons. The van der Waals surface area contributed by atoms with Crippen molar-refractivity contribution in [2.75, 3.05) is 0 Å². The highest BCUT2D eigenvalue weighted by Crippen LogP contribution is 2.34. The summed E-state index contributed by atoms with van der Waals surface area (Å²) < 4.78 is 7.53. The zero-order valence-corrected chi connectivity index (χ0v) is 66.7. The van der Waals surface area contributed by atoms with Crippen LogP contribution in [0.2, 0.25) is 0 Å². The normalized spacial score (nSPS) is 10.6. The summed E-state index contributed by atoms with van der Waals surface area (Å²) >= 11 is 3.35. The average molecular weight is 1600 g/mol. The third-order valence-corrected chi connectivity index (χ3v) is 21.1. The number of carboxylic acid groups (broad SMARTS) is 1. The van der Waals surface area contributed by atoms with E-state index in [-0.39, 0.29) is 35.6 Å². The van der Waals surface area contributed by atoms with Gasteiger partial charge >= 0.3 is 5.97 Å². The van der Waals surface area contributed by atoms with E-state index in [1.165, 1.54) is 142 Å². The summed E-state index contributed by atoms with van der Waals surface area (Å²) in [6, 6.07) is 64.6. The molecule has 0 aliphatic carbocycles. The van der Waals surface area contributed by atoms with Gasteiger partial charge in [0.15, 0.2) is 18.9 Å². The van der Waals surface area contributed by atoms with Crippen LogP contribution in [0.25, 0.3) is 99.0 Å². The molecule has 0 unspecified atom stereocenters. The molecule has 13 heteroatoms. The summed E-state index contributed by atoms with van der Waals surface area (Å²) in [7, 11) is 0. The lowest BCUT2D eigenvalue weighted by Gasteiger charge is -2.07. The summed E-state index contributed by atoms with van der Waals surface area (Å²) in [6.07, 6.45) is 34.6. The maximum absolute atomic E-state index is 12.0. The lowest BCUT2D eigenvalue weighted by molar-refractivity contribution is 0.0697. The fraction of sp³-hybridized carbons (Fsp3) is 0.317. The highest BCUT2D eigenvalue weighted by Gasteiger charge is 2.18. The molecule has 114 heavy (non-hydrogen) atoms. The van der Waals surface area contributed by atoms with Crippen LogP contribution in [0.4, 0.5) is 0 Å². The van der Waals surface area contributed by atoms with Gasteiger partial charge < -0.3 is 34.5 Å². The minimum absolute atomic E-state index is 0. The Morgan fingerprint density at radius 1 is 0.360 bits per heavy atom. The van der Waals surface area contributed by atoms with Gasteiger partial charge in [0.1, 0.15) is 0 Å². The molecule has 600 valence electrons. The molecule has 1 amide bonds. The van der Waals surface area contributed by atoms with Crippen LogP contribution >= 0.6 is 15.9 Å². The number of nitrogens with two attached hydrogens (primary N) is 1. The van der Waals surface area contributed by atoms with Crippen molar-refractivity contribution in [3.63, 3.8) is 0 Å². The van der Waals surface area contributed by atoms with Crippen molar-refractivity contribution in [3.8, 4) is 44.5 Å². The lowest BCUT2D eigenvalue weighted by atomic mass is 10.0. The third-order valence-electron chi connectivity index (χ3n) is 20.6. The summed E-state index contributed by atoms with van der Waals surface area (Å²) in [6.45, 7) is 17.9. The van der Waals surface area contributed by atoms with E-state index >= 15 is 0 Å². The minimum Gasteiger partial charge on any atom is -0.478 e. The number of carbonyl (C=O) groups is 5. The second-order valence-corrected chi connectivity index (χ2v) is 30.1. The van der Waals surface area contributed by atoms with Gasteiger partial charge in [0, 0.05) is 126 Å². The maximum Gasteiger partial charge on any atom is 0.337 e. The highest BCUT2D eigenvalue weighted by atomic mass is 79.9. The van der Waals surface area contributed by atoms with Gasteiger partial charge in [0.2, 0.25) is 0 Å². The van der Waals surface area contributed by atoms with Crippen LogP contribution in [0.15, 0.2) is 224 Å². The maximum atomic E-state index is 12.0. The summed E-state index contributed by atoms with van der Waals surface area (Å²) in [5.74, 6) is -1.22. The van der Waals surface area contributed by atoms with Gasteiger partial charge in [-0.25, -0.2) is 4.79 Å². The number of benzene rings is 9. The number of primary amides is 1. The molecule has 0 aliphatic rings. The second kappa shape index (κ2) is 46.3. The number of nitrogens with zero attached hydrogens (tertiary/aromatic N) is 3. The number of carbonyl (C=O) groups excluding carboxylic acids is 4. The number of aldehydes is 3. The zero-order valence-electron chi connectivity index (χ0n) is 65.2. The van der Waals surface area contributed by atoms with Crippen molar-refractivity contribution in [2.45, 2.75) is 213 Å². The number of hydrogen-bond acceptors (Lipinski definition) is 5. The molecule has 0 aliphatic heterocycles. The average Bonchev–Trinajstić information content (AvgIpc) is 1.64. The number of unbranched alkanes of at least 4 members (excludes halogenated alkanes) is 15. The predicted octanol–water partition coefficient (Wildman–Crippen LogP) is 28.8. The first-order chi connectivity index (χ1) is 53.5. The number of hydrogen-bond donors (Lipinski definition) is 4. The molecule has 9 aromatic carbocycles. The van der Waals surface area contributed by atoms with Crippen molar-refractivity contribution < 1.29 is 29.1 Å². The van der Waals surface area contributed by atoms with E-state index in [1.54, 1.807) is 18.6 Å². The lowest BCUT2D eigenvalue weighted by Crippen LogP contribution is -2.10. The van der Waals surface area contributed by atoms with Crippen molar-refractivity contribution in [2.24, 2.45) is 5.73 Å². The largest absolute Gasteiger partial charge is 0.478 e. The van der Waals surface area contributed by atoms with E-state index in [1.807, 2.05) is 54.9 Å². The summed E-state index contributed by atoms with van der Waals surface area (Å²) in [5, 5.41) is 14.4. The number of aromatic amines is 2. The number of amides is 1. The van der Waals surface area contributed by atoms with Gasteiger partial charge in [-0.1, -0.05) is 306 Å². The molecular weight excluding hydrogens is 1470 g/mol. The Morgan fingerprint density at radius 2 is 0.667 bits per heavy atom. The molecule has 5 heterocycles. The Bertz CT molecular complexity index is 5260. The predicted molar refractivity (Wildman–Crippen MR) is 489 cm³/mol. The monoisotopic (exact) mass is 1590 g/mol. The van der Waals surface area contributed by atoms with Gasteiger partial charge in [0.25, 0.3) is 5.91 Å². The molecule has 12 nitrogen and oxygen atoms in total. The number of aromatic nitrogens is 5. The third kappa shape index (κ3) is 24.8. The Kier molecular flexibility index (Phi) is 37.4. The quantitative estimate of drug-likeness (QED) is 0.0257. The summed E-state index contributed by atoms with van der Waals surface area (Å²) in [5.41, 5.74) is 28.2. The first-order valence-electron chi connectivity index (χ1n) is 39.4. The fourth-order valence-electron chi connectivity index (χ4n) is 14.6. The van der Waals surface area contributed by atoms with E-state index in [4.69, 9.17) is 5.73 Å². The van der Waals surface area contributed by atoms with E-state index in [0.717, 1.165) is 144 Å². The van der Waals surface area contributed by atoms with Gasteiger partial charge in [0.05, 0.1) is 11.1 Å². The molecule has 14 aromatic rings. The van der Waals surface area contributed by atoms with E-state index in [9.17, 15) is 29.1 Å². The van der Waals surface area contributed by atoms with Gasteiger partial charge in [-0.2, -0.15) is 0 Å². The Labute approximate surface area is 686 Å². The van der Waals surface area contributed by atoms with Crippen LogP contribution in [-0.2, 0) is 19.6 Å². The molecule has 0 atom stereocenters. The van der Waals surface area contributed by atoms with Gasteiger partial charge in [-0.15, -0.1) is 0 Å². The van der Waals surface area contributed by atoms with E-state index in [2.05, 4.69) is 234 Å². The molecule has 0 saturated heterocycles. The Morgan fingerprint density at radius 3 is 1.04 bits per heavy atom. The number of H-pyrrole nitrogens is 2. The van der Waals surface area contributed by atoms with Gasteiger partial charge in [-0.3, -0.25) is 19.2 Å². The Balaban J connectivity index is 0.000000225. The molecule has 0 saturated carbocycles. The molecule has 0 bridgehead atoms. The van der Waals surface area contributed by atoms with Crippen molar-refractivity contribution in [3.05, 3.63) is 274 Å². The fourth-order valence-corrected chi connectivity index (χ4v) is 15.0. The van der Waals surface area contributed by atoms with Crippen LogP contribution in [0.5, 0.6) is 0 Å². The zero-order chi connectivity index (χ0) is 77.9. The number of fused-ring (bicyclic) bond motifs is 5.